The normalized spacial score (nSPS) is 11.2. The zero-order valence-electron chi connectivity index (χ0n) is 24.0. The predicted molar refractivity (Wildman–Crippen MR) is 188 cm³/mol. The third kappa shape index (κ3) is 4.94. The monoisotopic (exact) mass is 580 g/mol. The Kier molecular flexibility index (Phi) is 6.71. The molecule has 44 heavy (non-hydrogen) atoms. The van der Waals surface area contributed by atoms with Crippen LogP contribution in [0.4, 0.5) is 17.1 Å². The average Bonchev–Trinajstić information content (AvgIpc) is 3.48. The molecule has 0 N–H and O–H groups in total. The molecule has 2 heterocycles. The van der Waals surface area contributed by atoms with Gasteiger partial charge in [0.1, 0.15) is 4.83 Å². The van der Waals surface area contributed by atoms with Crippen LogP contribution in [-0.2, 0) is 0 Å². The van der Waals surface area contributed by atoms with E-state index in [1.54, 1.807) is 11.3 Å². The highest BCUT2D eigenvalue weighted by atomic mass is 32.1. The summed E-state index contributed by atoms with van der Waals surface area (Å²) in [5.41, 5.74) is 10.2. The van der Waals surface area contributed by atoms with Crippen LogP contribution < -0.4 is 4.90 Å². The van der Waals surface area contributed by atoms with Crippen molar-refractivity contribution in [3.63, 3.8) is 0 Å². The number of hydrogen-bond acceptors (Lipinski definition) is 3. The molecular weight excluding hydrogens is 553 g/mol. The first-order chi connectivity index (χ1) is 21.8. The lowest BCUT2D eigenvalue weighted by atomic mass is 10.0. The summed E-state index contributed by atoms with van der Waals surface area (Å²) < 4.78 is 1.27. The lowest BCUT2D eigenvalue weighted by Crippen LogP contribution is -2.09. The van der Waals surface area contributed by atoms with Gasteiger partial charge < -0.3 is 4.90 Å². The number of rotatable bonds is 6. The topological polar surface area (TPSA) is 16.1 Å². The fourth-order valence-electron chi connectivity index (χ4n) is 5.86. The Morgan fingerprint density at radius 1 is 0.364 bits per heavy atom. The number of fused-ring (bicyclic) bond motifs is 3. The first kappa shape index (κ1) is 26.1. The maximum atomic E-state index is 5.06. The number of nitrogens with zero attached hydrogens (tertiary/aromatic N) is 2. The van der Waals surface area contributed by atoms with E-state index in [1.807, 2.05) is 0 Å². The molecule has 0 unspecified atom stereocenters. The zero-order chi connectivity index (χ0) is 29.3. The van der Waals surface area contributed by atoms with Crippen LogP contribution in [0.5, 0.6) is 0 Å². The highest BCUT2D eigenvalue weighted by molar-refractivity contribution is 7.25. The fraction of sp³-hybridized carbons (Fsp3) is 0. The maximum absolute atomic E-state index is 5.06. The van der Waals surface area contributed by atoms with Crippen LogP contribution in [0.15, 0.2) is 170 Å². The summed E-state index contributed by atoms with van der Waals surface area (Å²) in [5, 5.41) is 2.49. The third-order valence-electron chi connectivity index (χ3n) is 8.13. The number of benzene rings is 6. The van der Waals surface area contributed by atoms with Gasteiger partial charge in [-0.3, -0.25) is 0 Å². The van der Waals surface area contributed by atoms with Gasteiger partial charge >= 0.3 is 0 Å². The Bertz CT molecular complexity index is 2100. The molecule has 0 fully saturated rings. The second-order valence-electron chi connectivity index (χ2n) is 10.9. The highest BCUT2D eigenvalue weighted by Gasteiger charge is 2.14. The van der Waals surface area contributed by atoms with E-state index in [0.29, 0.717) is 0 Å². The lowest BCUT2D eigenvalue weighted by Gasteiger charge is -2.26. The summed E-state index contributed by atoms with van der Waals surface area (Å²) in [5.74, 6) is 0. The number of anilines is 3. The molecule has 6 aromatic carbocycles. The molecule has 0 aliphatic rings. The summed E-state index contributed by atoms with van der Waals surface area (Å²) in [6.07, 6.45) is 0. The summed E-state index contributed by atoms with van der Waals surface area (Å²) in [7, 11) is 0. The molecule has 0 saturated carbocycles. The van der Waals surface area contributed by atoms with Gasteiger partial charge in [0.2, 0.25) is 0 Å². The van der Waals surface area contributed by atoms with Gasteiger partial charge in [-0.25, -0.2) is 4.98 Å². The largest absolute Gasteiger partial charge is 0.311 e. The second kappa shape index (κ2) is 11.3. The number of pyridine rings is 1. The first-order valence-electron chi connectivity index (χ1n) is 14.8. The van der Waals surface area contributed by atoms with Crippen LogP contribution in [0.1, 0.15) is 0 Å². The summed E-state index contributed by atoms with van der Waals surface area (Å²) >= 11 is 1.75. The minimum atomic E-state index is 0.988. The van der Waals surface area contributed by atoms with Crippen molar-refractivity contribution >= 4 is 48.7 Å². The number of aromatic nitrogens is 1. The zero-order valence-corrected chi connectivity index (χ0v) is 24.8. The molecule has 0 aliphatic carbocycles. The molecule has 8 aromatic rings. The standard InChI is InChI=1S/C41H28N2S/c1-3-9-29(10-4-1)31-15-21-34(22-16-31)43(35-23-17-32(18-24-35)30-11-5-2-6-12-30)36-25-19-33(20-26-36)39-28-27-38-37-13-7-8-14-40(37)44-41(38)42-39/h1-28H. The van der Waals surface area contributed by atoms with E-state index >= 15 is 0 Å². The number of thiophene rings is 1. The summed E-state index contributed by atoms with van der Waals surface area (Å²) in [6, 6.07) is 60.3. The van der Waals surface area contributed by atoms with Crippen LogP contribution in [0.2, 0.25) is 0 Å². The molecule has 0 saturated heterocycles. The van der Waals surface area contributed by atoms with E-state index in [0.717, 1.165) is 33.1 Å². The SMILES string of the molecule is c1ccc(-c2ccc(N(c3ccc(-c4ccccc4)cc3)c3ccc(-c4ccc5c(n4)sc4ccccc45)cc3)cc2)cc1. The highest BCUT2D eigenvalue weighted by Crippen LogP contribution is 2.38. The molecule has 8 rings (SSSR count). The van der Waals surface area contributed by atoms with Gasteiger partial charge in [-0.1, -0.05) is 115 Å². The molecule has 3 heteroatoms. The Morgan fingerprint density at radius 3 is 1.36 bits per heavy atom. The van der Waals surface area contributed by atoms with E-state index < -0.39 is 0 Å². The van der Waals surface area contributed by atoms with E-state index in [2.05, 4.69) is 175 Å². The van der Waals surface area contributed by atoms with Gasteiger partial charge in [0.15, 0.2) is 0 Å². The molecule has 2 aromatic heterocycles. The second-order valence-corrected chi connectivity index (χ2v) is 11.9. The van der Waals surface area contributed by atoms with Crippen LogP contribution in [0.25, 0.3) is 53.8 Å². The molecule has 0 aliphatic heterocycles. The van der Waals surface area contributed by atoms with Crippen molar-refractivity contribution in [2.24, 2.45) is 0 Å². The molecule has 0 spiro atoms. The minimum absolute atomic E-state index is 0.988. The van der Waals surface area contributed by atoms with Crippen molar-refractivity contribution in [3.8, 4) is 33.5 Å². The van der Waals surface area contributed by atoms with Crippen LogP contribution in [0, 0.1) is 0 Å². The molecule has 0 amide bonds. The van der Waals surface area contributed by atoms with E-state index in [1.165, 1.54) is 37.7 Å². The van der Waals surface area contributed by atoms with Crippen LogP contribution in [0.3, 0.4) is 0 Å². The molecule has 0 bridgehead atoms. The van der Waals surface area contributed by atoms with Crippen molar-refractivity contribution in [3.05, 3.63) is 170 Å². The van der Waals surface area contributed by atoms with Gasteiger partial charge in [0.05, 0.1) is 5.69 Å². The van der Waals surface area contributed by atoms with E-state index in [9.17, 15) is 0 Å². The maximum Gasteiger partial charge on any atom is 0.125 e. The van der Waals surface area contributed by atoms with Gasteiger partial charge in [-0.05, 0) is 76.9 Å². The Balaban J connectivity index is 1.16. The van der Waals surface area contributed by atoms with Crippen molar-refractivity contribution in [2.45, 2.75) is 0 Å². The molecule has 2 nitrogen and oxygen atoms in total. The predicted octanol–water partition coefficient (Wildman–Crippen LogP) is 11.9. The summed E-state index contributed by atoms with van der Waals surface area (Å²) in [4.78, 5) is 8.45. The van der Waals surface area contributed by atoms with E-state index in [4.69, 9.17) is 4.98 Å². The van der Waals surface area contributed by atoms with Gasteiger partial charge in [0, 0.05) is 38.1 Å². The number of hydrogen-bond donors (Lipinski definition) is 0. The Labute approximate surface area is 261 Å². The van der Waals surface area contributed by atoms with Crippen molar-refractivity contribution < 1.29 is 0 Å². The van der Waals surface area contributed by atoms with Crippen molar-refractivity contribution in [1.29, 1.82) is 0 Å². The third-order valence-corrected chi connectivity index (χ3v) is 9.21. The fourth-order valence-corrected chi connectivity index (χ4v) is 6.94. The van der Waals surface area contributed by atoms with Crippen LogP contribution in [-0.4, -0.2) is 4.98 Å². The Morgan fingerprint density at radius 2 is 0.818 bits per heavy atom. The van der Waals surface area contributed by atoms with Gasteiger partial charge in [-0.2, -0.15) is 0 Å². The van der Waals surface area contributed by atoms with Crippen molar-refractivity contribution in [1.82, 2.24) is 4.98 Å². The summed E-state index contributed by atoms with van der Waals surface area (Å²) in [6.45, 7) is 0. The van der Waals surface area contributed by atoms with Crippen molar-refractivity contribution in [2.75, 3.05) is 4.90 Å². The molecule has 0 atom stereocenters. The average molecular weight is 581 g/mol. The first-order valence-corrected chi connectivity index (χ1v) is 15.6. The quantitative estimate of drug-likeness (QED) is 0.194. The van der Waals surface area contributed by atoms with E-state index in [-0.39, 0.29) is 0 Å². The lowest BCUT2D eigenvalue weighted by molar-refractivity contribution is 1.28. The smallest absolute Gasteiger partial charge is 0.125 e. The Hall–Kier alpha value is -5.51. The molecule has 208 valence electrons. The minimum Gasteiger partial charge on any atom is -0.311 e. The molecular formula is C41H28N2S. The van der Waals surface area contributed by atoms with Gasteiger partial charge in [-0.15, -0.1) is 11.3 Å². The molecule has 0 radical (unpaired) electrons. The van der Waals surface area contributed by atoms with Gasteiger partial charge in [0.25, 0.3) is 0 Å². The van der Waals surface area contributed by atoms with Crippen LogP contribution >= 0.6 is 11.3 Å².